The molecule has 0 aliphatic carbocycles. The van der Waals surface area contributed by atoms with Crippen LogP contribution in [0.2, 0.25) is 0 Å². The largest absolute Gasteiger partial charge is 0.326 e. The van der Waals surface area contributed by atoms with E-state index in [1.165, 1.54) is 6.92 Å². The summed E-state index contributed by atoms with van der Waals surface area (Å²) in [7, 11) is 0. The third-order valence-corrected chi connectivity index (χ3v) is 3.93. The summed E-state index contributed by atoms with van der Waals surface area (Å²) in [5.41, 5.74) is 3.00. The number of para-hydroxylation sites is 1. The molecule has 130 valence electrons. The molecule has 0 aliphatic heterocycles. The smallest absolute Gasteiger partial charge is 0.258 e. The number of carbonyl (C=O) groups excluding carboxylic acids is 2. The molecule has 3 rings (SSSR count). The Labute approximate surface area is 153 Å². The summed E-state index contributed by atoms with van der Waals surface area (Å²) in [6, 6.07) is 26.4. The first-order chi connectivity index (χ1) is 12.6. The maximum absolute atomic E-state index is 13.2. The average molecular weight is 344 g/mol. The summed E-state index contributed by atoms with van der Waals surface area (Å²) in [5, 5.41) is 2.72. The van der Waals surface area contributed by atoms with Crippen molar-refractivity contribution in [3.05, 3.63) is 96.1 Å². The van der Waals surface area contributed by atoms with Gasteiger partial charge in [-0.3, -0.25) is 9.59 Å². The van der Waals surface area contributed by atoms with Crippen molar-refractivity contribution >= 4 is 23.2 Å². The van der Waals surface area contributed by atoms with E-state index < -0.39 is 0 Å². The third kappa shape index (κ3) is 4.36. The van der Waals surface area contributed by atoms with Crippen LogP contribution < -0.4 is 10.2 Å². The number of nitrogens with zero attached hydrogens (tertiary/aromatic N) is 1. The second-order valence-electron chi connectivity index (χ2n) is 5.97. The third-order valence-electron chi connectivity index (χ3n) is 3.93. The lowest BCUT2D eigenvalue weighted by atomic mass is 10.1. The first kappa shape index (κ1) is 17.4. The van der Waals surface area contributed by atoms with Crippen molar-refractivity contribution in [1.82, 2.24) is 0 Å². The predicted octanol–water partition coefficient (Wildman–Crippen LogP) is 4.49. The lowest BCUT2D eigenvalue weighted by Crippen LogP contribution is -2.30. The molecule has 2 amide bonds. The average Bonchev–Trinajstić information content (AvgIpc) is 2.67. The number of rotatable bonds is 5. The van der Waals surface area contributed by atoms with Crippen LogP contribution in [-0.2, 0) is 11.3 Å². The maximum atomic E-state index is 13.2. The summed E-state index contributed by atoms with van der Waals surface area (Å²) < 4.78 is 0. The summed E-state index contributed by atoms with van der Waals surface area (Å²) in [6.07, 6.45) is 0. The number of hydrogen-bond acceptors (Lipinski definition) is 2. The topological polar surface area (TPSA) is 49.4 Å². The highest BCUT2D eigenvalue weighted by Crippen LogP contribution is 2.21. The maximum Gasteiger partial charge on any atom is 0.258 e. The van der Waals surface area contributed by atoms with Crippen LogP contribution in [0.25, 0.3) is 0 Å². The van der Waals surface area contributed by atoms with Crippen molar-refractivity contribution in [2.75, 3.05) is 10.2 Å². The van der Waals surface area contributed by atoms with Gasteiger partial charge in [-0.1, -0.05) is 54.6 Å². The fraction of sp³-hybridized carbons (Fsp3) is 0.0909. The molecule has 0 fully saturated rings. The molecule has 0 unspecified atom stereocenters. The van der Waals surface area contributed by atoms with Crippen molar-refractivity contribution in [2.45, 2.75) is 13.5 Å². The summed E-state index contributed by atoms with van der Waals surface area (Å²) in [5.74, 6) is -0.286. The van der Waals surface area contributed by atoms with Crippen LogP contribution in [0.15, 0.2) is 84.9 Å². The number of amides is 2. The van der Waals surface area contributed by atoms with Crippen molar-refractivity contribution in [3.8, 4) is 0 Å². The Balaban J connectivity index is 1.93. The van der Waals surface area contributed by atoms with Gasteiger partial charge in [0.1, 0.15) is 0 Å². The van der Waals surface area contributed by atoms with E-state index in [1.54, 1.807) is 29.2 Å². The molecule has 0 aromatic heterocycles. The van der Waals surface area contributed by atoms with Gasteiger partial charge in [0.05, 0.1) is 6.54 Å². The van der Waals surface area contributed by atoms with Gasteiger partial charge >= 0.3 is 0 Å². The normalized spacial score (nSPS) is 10.2. The molecule has 0 heterocycles. The number of nitrogens with one attached hydrogen (secondary N) is 1. The summed E-state index contributed by atoms with van der Waals surface area (Å²) in [4.78, 5) is 26.2. The Morgan fingerprint density at radius 3 is 2.15 bits per heavy atom. The summed E-state index contributed by atoms with van der Waals surface area (Å²) in [6.45, 7) is 1.91. The first-order valence-electron chi connectivity index (χ1n) is 8.42. The highest BCUT2D eigenvalue weighted by atomic mass is 16.2. The van der Waals surface area contributed by atoms with E-state index in [9.17, 15) is 9.59 Å². The molecule has 0 bridgehead atoms. The van der Waals surface area contributed by atoms with Gasteiger partial charge in [0.2, 0.25) is 5.91 Å². The van der Waals surface area contributed by atoms with Crippen LogP contribution in [-0.4, -0.2) is 11.8 Å². The van der Waals surface area contributed by atoms with Crippen LogP contribution in [0.5, 0.6) is 0 Å². The predicted molar refractivity (Wildman–Crippen MR) is 104 cm³/mol. The van der Waals surface area contributed by atoms with Gasteiger partial charge in [-0.05, 0) is 35.9 Å². The molecular weight excluding hydrogens is 324 g/mol. The van der Waals surface area contributed by atoms with Gasteiger partial charge in [0, 0.05) is 23.9 Å². The van der Waals surface area contributed by atoms with E-state index in [1.807, 2.05) is 60.7 Å². The minimum atomic E-state index is -0.168. The van der Waals surface area contributed by atoms with Gasteiger partial charge in [0.25, 0.3) is 5.91 Å². The van der Waals surface area contributed by atoms with E-state index in [4.69, 9.17) is 0 Å². The monoisotopic (exact) mass is 344 g/mol. The number of anilines is 2. The number of hydrogen-bond donors (Lipinski definition) is 1. The number of benzene rings is 3. The van der Waals surface area contributed by atoms with Crippen molar-refractivity contribution < 1.29 is 9.59 Å². The molecule has 0 aliphatic rings. The highest BCUT2D eigenvalue weighted by Gasteiger charge is 2.18. The molecule has 26 heavy (non-hydrogen) atoms. The van der Waals surface area contributed by atoms with Gasteiger partial charge < -0.3 is 10.2 Å². The van der Waals surface area contributed by atoms with Crippen LogP contribution in [0, 0.1) is 0 Å². The molecule has 0 saturated heterocycles. The fourth-order valence-electron chi connectivity index (χ4n) is 2.74. The zero-order valence-electron chi connectivity index (χ0n) is 14.6. The van der Waals surface area contributed by atoms with Crippen molar-refractivity contribution in [2.24, 2.45) is 0 Å². The molecular formula is C22H20N2O2. The van der Waals surface area contributed by atoms with E-state index in [-0.39, 0.29) is 11.8 Å². The second-order valence-corrected chi connectivity index (χ2v) is 5.97. The van der Waals surface area contributed by atoms with E-state index >= 15 is 0 Å². The Kier molecular flexibility index (Phi) is 5.44. The molecule has 3 aromatic rings. The molecule has 0 radical (unpaired) electrons. The Morgan fingerprint density at radius 2 is 1.50 bits per heavy atom. The zero-order valence-corrected chi connectivity index (χ0v) is 14.6. The van der Waals surface area contributed by atoms with Gasteiger partial charge in [-0.2, -0.15) is 0 Å². The lowest BCUT2D eigenvalue weighted by Gasteiger charge is -2.23. The first-order valence-corrected chi connectivity index (χ1v) is 8.42. The Bertz CT molecular complexity index is 892. The lowest BCUT2D eigenvalue weighted by molar-refractivity contribution is -0.114. The molecule has 0 spiro atoms. The summed E-state index contributed by atoms with van der Waals surface area (Å²) >= 11 is 0. The number of carbonyl (C=O) groups is 2. The zero-order chi connectivity index (χ0) is 18.4. The van der Waals surface area contributed by atoms with Gasteiger partial charge in [-0.25, -0.2) is 0 Å². The van der Waals surface area contributed by atoms with E-state index in [2.05, 4.69) is 5.32 Å². The van der Waals surface area contributed by atoms with Crippen molar-refractivity contribution in [3.63, 3.8) is 0 Å². The SMILES string of the molecule is CC(=O)Nc1cccc(C(=O)N(Cc2ccccc2)c2ccccc2)c1. The standard InChI is InChI=1S/C22H20N2O2/c1-17(25)23-20-12-8-11-19(15-20)22(26)24(21-13-6-3-7-14-21)16-18-9-4-2-5-10-18/h2-15H,16H2,1H3,(H,23,25). The van der Waals surface area contributed by atoms with Crippen molar-refractivity contribution in [1.29, 1.82) is 0 Å². The van der Waals surface area contributed by atoms with Gasteiger partial charge in [-0.15, -0.1) is 0 Å². The van der Waals surface area contributed by atoms with Gasteiger partial charge in [0.15, 0.2) is 0 Å². The van der Waals surface area contributed by atoms with Crippen LogP contribution in [0.3, 0.4) is 0 Å². The van der Waals surface area contributed by atoms with Crippen LogP contribution in [0.1, 0.15) is 22.8 Å². The molecule has 0 saturated carbocycles. The molecule has 3 aromatic carbocycles. The fourth-order valence-corrected chi connectivity index (χ4v) is 2.74. The minimum Gasteiger partial charge on any atom is -0.326 e. The minimum absolute atomic E-state index is 0.118. The second kappa shape index (κ2) is 8.12. The van der Waals surface area contributed by atoms with E-state index in [0.717, 1.165) is 11.3 Å². The Morgan fingerprint density at radius 1 is 0.846 bits per heavy atom. The Hall–Kier alpha value is -3.40. The van der Waals surface area contributed by atoms with E-state index in [0.29, 0.717) is 17.8 Å². The molecule has 4 heteroatoms. The van der Waals surface area contributed by atoms with Crippen LogP contribution in [0.4, 0.5) is 11.4 Å². The van der Waals surface area contributed by atoms with Crippen LogP contribution >= 0.6 is 0 Å². The molecule has 0 atom stereocenters. The highest BCUT2D eigenvalue weighted by molar-refractivity contribution is 6.06. The quantitative estimate of drug-likeness (QED) is 0.741. The molecule has 4 nitrogen and oxygen atoms in total. The molecule has 1 N–H and O–H groups in total.